The van der Waals surface area contributed by atoms with Gasteiger partial charge in [0.15, 0.2) is 0 Å². The highest BCUT2D eigenvalue weighted by Gasteiger charge is 2.26. The summed E-state index contributed by atoms with van der Waals surface area (Å²) in [7, 11) is -6.64. The van der Waals surface area contributed by atoms with Crippen LogP contribution in [0.3, 0.4) is 0 Å². The normalized spacial score (nSPS) is 12.5. The third-order valence-corrected chi connectivity index (χ3v) is 5.48. The van der Waals surface area contributed by atoms with Crippen LogP contribution in [0.2, 0.25) is 0 Å². The van der Waals surface area contributed by atoms with Crippen molar-refractivity contribution in [3.63, 3.8) is 0 Å². The molecule has 22 heavy (non-hydrogen) atoms. The summed E-state index contributed by atoms with van der Waals surface area (Å²) in [4.78, 5) is 0. The maximum Gasteiger partial charge on any atom is 0.361 e. The molecule has 0 N–H and O–H groups in total. The van der Waals surface area contributed by atoms with E-state index in [9.17, 15) is 13.0 Å². The molecule has 0 aliphatic rings. The third-order valence-electron chi connectivity index (χ3n) is 2.76. The molecule has 0 bridgehead atoms. The number of rotatable bonds is 10. The molecule has 0 amide bonds. The molecule has 0 radical (unpaired) electrons. The fraction of sp³-hybridized carbons (Fsp3) is 0.571. The van der Waals surface area contributed by atoms with Crippen molar-refractivity contribution in [3.8, 4) is 0 Å². The van der Waals surface area contributed by atoms with Gasteiger partial charge in [-0.05, 0) is 44.4 Å². The van der Waals surface area contributed by atoms with Gasteiger partial charge in [-0.1, -0.05) is 12.1 Å². The van der Waals surface area contributed by atoms with Gasteiger partial charge in [0.05, 0.1) is 31.4 Å². The average molecular weight is 350 g/mol. The van der Waals surface area contributed by atoms with E-state index in [4.69, 9.17) is 9.05 Å². The molecule has 0 spiro atoms. The Morgan fingerprint density at radius 2 is 1.59 bits per heavy atom. The van der Waals surface area contributed by atoms with E-state index < -0.39 is 17.7 Å². The van der Waals surface area contributed by atoms with Crippen LogP contribution in [0.15, 0.2) is 24.3 Å². The van der Waals surface area contributed by atoms with E-state index in [0.717, 1.165) is 11.8 Å². The van der Waals surface area contributed by atoms with Gasteiger partial charge in [0.1, 0.15) is 0 Å². The zero-order valence-electron chi connectivity index (χ0n) is 13.1. The summed E-state index contributed by atoms with van der Waals surface area (Å²) >= 11 is 0. The van der Waals surface area contributed by atoms with E-state index in [1.807, 2.05) is 12.1 Å². The molecule has 126 valence electrons. The molecule has 0 atom stereocenters. The van der Waals surface area contributed by atoms with Gasteiger partial charge in [0, 0.05) is 0 Å². The van der Waals surface area contributed by atoms with Gasteiger partial charge in [-0.25, -0.2) is 0 Å². The Morgan fingerprint density at radius 1 is 1.05 bits per heavy atom. The Balaban J connectivity index is 2.63. The first-order valence-electron chi connectivity index (χ1n) is 7.13. The number of hydrogen-bond donors (Lipinski definition) is 0. The van der Waals surface area contributed by atoms with Crippen molar-refractivity contribution < 1.29 is 26.2 Å². The summed E-state index contributed by atoms with van der Waals surface area (Å²) in [5.74, 6) is 0. The fourth-order valence-electron chi connectivity index (χ4n) is 1.86. The van der Waals surface area contributed by atoms with Crippen molar-refractivity contribution in [2.45, 2.75) is 26.7 Å². The van der Waals surface area contributed by atoms with Crippen molar-refractivity contribution in [1.29, 1.82) is 0 Å². The second-order valence-corrected chi connectivity index (χ2v) is 8.30. The summed E-state index contributed by atoms with van der Waals surface area (Å²) < 4.78 is 49.5. The first-order valence-corrected chi connectivity index (χ1v) is 10.5. The Morgan fingerprint density at radius 3 is 2.05 bits per heavy atom. The summed E-state index contributed by atoms with van der Waals surface area (Å²) in [6, 6.07) is 7.11. The molecule has 8 heteroatoms. The average Bonchev–Trinajstić information content (AvgIpc) is 2.44. The Labute approximate surface area is 132 Å². The highest BCUT2D eigenvalue weighted by atomic mass is 32.2. The fourth-order valence-corrected chi connectivity index (χ4v) is 3.85. The van der Waals surface area contributed by atoms with Crippen molar-refractivity contribution >= 4 is 23.0 Å². The molecule has 0 heterocycles. The van der Waals surface area contributed by atoms with Crippen LogP contribution in [-0.4, -0.2) is 34.5 Å². The summed E-state index contributed by atoms with van der Waals surface area (Å²) in [5.41, 5.74) is 1.00. The minimum Gasteiger partial charge on any atom is -0.305 e. The van der Waals surface area contributed by atoms with Crippen molar-refractivity contribution in [1.82, 2.24) is 0 Å². The van der Waals surface area contributed by atoms with Crippen LogP contribution < -0.4 is 5.30 Å². The lowest BCUT2D eigenvalue weighted by molar-refractivity contribution is 0.230. The molecular formula is C14H23O6PS. The lowest BCUT2D eigenvalue weighted by Crippen LogP contribution is -2.11. The summed E-state index contributed by atoms with van der Waals surface area (Å²) in [5, 5.41) is 0.521. The van der Waals surface area contributed by atoms with Crippen LogP contribution in [0.25, 0.3) is 0 Å². The van der Waals surface area contributed by atoms with Crippen LogP contribution in [0.4, 0.5) is 0 Å². The molecule has 0 saturated carbocycles. The van der Waals surface area contributed by atoms with Gasteiger partial charge in [-0.15, -0.1) is 0 Å². The highest BCUT2D eigenvalue weighted by Crippen LogP contribution is 2.46. The van der Waals surface area contributed by atoms with Crippen LogP contribution in [0.5, 0.6) is 0 Å². The predicted octanol–water partition coefficient (Wildman–Crippen LogP) is 2.49. The molecule has 1 aromatic carbocycles. The molecule has 0 saturated heterocycles. The maximum absolute atomic E-state index is 12.6. The van der Waals surface area contributed by atoms with Gasteiger partial charge < -0.3 is 9.05 Å². The molecule has 0 aliphatic heterocycles. The zero-order chi connectivity index (χ0) is 16.6. The zero-order valence-corrected chi connectivity index (χ0v) is 14.9. The number of aryl methyl sites for hydroxylation is 1. The summed E-state index contributed by atoms with van der Waals surface area (Å²) in [6.07, 6.45) is 2.28. The minimum absolute atomic E-state index is 0.150. The van der Waals surface area contributed by atoms with E-state index in [2.05, 4.69) is 4.18 Å². The Hall–Kier alpha value is -0.720. The molecule has 1 rings (SSSR count). The van der Waals surface area contributed by atoms with E-state index >= 15 is 0 Å². The minimum atomic E-state index is -3.39. The lowest BCUT2D eigenvalue weighted by atomic mass is 10.1. The monoisotopic (exact) mass is 350 g/mol. The van der Waals surface area contributed by atoms with Gasteiger partial charge in [-0.2, -0.15) is 8.42 Å². The van der Waals surface area contributed by atoms with Crippen LogP contribution in [0.1, 0.15) is 25.8 Å². The summed E-state index contributed by atoms with van der Waals surface area (Å²) in [6.45, 7) is 4.30. The van der Waals surface area contributed by atoms with Crippen molar-refractivity contribution in [3.05, 3.63) is 29.8 Å². The second-order valence-electron chi connectivity index (χ2n) is 4.63. The second kappa shape index (κ2) is 8.79. The van der Waals surface area contributed by atoms with Crippen molar-refractivity contribution in [2.24, 2.45) is 0 Å². The predicted molar refractivity (Wildman–Crippen MR) is 86.1 cm³/mol. The standard InChI is InChI=1S/C14H23O6PS/c1-4-18-21(15,19-5-2)14-10-8-13(9-11-14)7-6-12-20-22(3,16)17/h8-11H,4-7,12H2,1-3H3. The SMILES string of the molecule is CCOP(=O)(OCC)c1ccc(CCCOS(C)(=O)=O)cc1. The smallest absolute Gasteiger partial charge is 0.305 e. The molecule has 0 aromatic heterocycles. The van der Waals surface area contributed by atoms with E-state index in [1.165, 1.54) is 0 Å². The maximum atomic E-state index is 12.6. The van der Waals surface area contributed by atoms with Gasteiger partial charge in [-0.3, -0.25) is 8.75 Å². The molecule has 0 aliphatic carbocycles. The van der Waals surface area contributed by atoms with E-state index in [1.54, 1.807) is 26.0 Å². The molecule has 0 fully saturated rings. The van der Waals surface area contributed by atoms with Gasteiger partial charge >= 0.3 is 7.60 Å². The quantitative estimate of drug-likeness (QED) is 0.366. The Bertz CT molecular complexity index is 586. The van der Waals surface area contributed by atoms with Gasteiger partial charge in [0.25, 0.3) is 10.1 Å². The molecular weight excluding hydrogens is 327 g/mol. The highest BCUT2D eigenvalue weighted by molar-refractivity contribution is 7.85. The largest absolute Gasteiger partial charge is 0.361 e. The number of hydrogen-bond acceptors (Lipinski definition) is 6. The van der Waals surface area contributed by atoms with E-state index in [0.29, 0.717) is 31.4 Å². The van der Waals surface area contributed by atoms with Crippen LogP contribution in [-0.2, 0) is 34.3 Å². The van der Waals surface area contributed by atoms with Crippen molar-refractivity contribution in [2.75, 3.05) is 26.1 Å². The molecule has 6 nitrogen and oxygen atoms in total. The topological polar surface area (TPSA) is 78.9 Å². The molecule has 1 aromatic rings. The van der Waals surface area contributed by atoms with Crippen LogP contribution in [0, 0.1) is 0 Å². The van der Waals surface area contributed by atoms with Crippen LogP contribution >= 0.6 is 7.60 Å². The lowest BCUT2D eigenvalue weighted by Gasteiger charge is -2.17. The Kier molecular flexibility index (Phi) is 7.72. The molecule has 0 unspecified atom stereocenters. The van der Waals surface area contributed by atoms with Gasteiger partial charge in [0.2, 0.25) is 0 Å². The first-order chi connectivity index (χ1) is 10.3. The first kappa shape index (κ1) is 19.3. The van der Waals surface area contributed by atoms with E-state index in [-0.39, 0.29) is 6.61 Å². The number of benzene rings is 1. The third kappa shape index (κ3) is 6.58.